The van der Waals surface area contributed by atoms with E-state index < -0.39 is 0 Å². The number of benzene rings is 1. The van der Waals surface area contributed by atoms with Gasteiger partial charge in [0.15, 0.2) is 0 Å². The van der Waals surface area contributed by atoms with Gasteiger partial charge < -0.3 is 11.1 Å². The summed E-state index contributed by atoms with van der Waals surface area (Å²) in [4.78, 5) is 15.3. The van der Waals surface area contributed by atoms with Gasteiger partial charge in [-0.2, -0.15) is 0 Å². The van der Waals surface area contributed by atoms with Crippen molar-refractivity contribution in [1.82, 2.24) is 10.2 Å². The molecule has 0 aromatic heterocycles. The summed E-state index contributed by atoms with van der Waals surface area (Å²) in [5.74, 6) is 1.19. The maximum absolute atomic E-state index is 13.4. The molecule has 3 atom stereocenters. The Labute approximate surface area is 161 Å². The number of nitrogens with one attached hydrogen (secondary N) is 1. The van der Waals surface area contributed by atoms with Crippen molar-refractivity contribution in [2.75, 3.05) is 13.1 Å². The van der Waals surface area contributed by atoms with Crippen LogP contribution in [0.4, 0.5) is 4.39 Å². The van der Waals surface area contributed by atoms with Gasteiger partial charge in [-0.05, 0) is 74.6 Å². The third kappa shape index (κ3) is 4.52. The quantitative estimate of drug-likeness (QED) is 0.853. The number of hydrogen-bond donors (Lipinski definition) is 2. The zero-order valence-corrected chi connectivity index (χ0v) is 16.1. The summed E-state index contributed by atoms with van der Waals surface area (Å²) in [6, 6.07) is 7.42. The Morgan fingerprint density at radius 3 is 2.70 bits per heavy atom. The molecule has 1 aromatic rings. The van der Waals surface area contributed by atoms with Gasteiger partial charge >= 0.3 is 0 Å². The van der Waals surface area contributed by atoms with Crippen LogP contribution in [0.1, 0.15) is 50.5 Å². The smallest absolute Gasteiger partial charge is 0.224 e. The van der Waals surface area contributed by atoms with Gasteiger partial charge in [0.1, 0.15) is 5.82 Å². The fourth-order valence-corrected chi connectivity index (χ4v) is 5.61. The van der Waals surface area contributed by atoms with Gasteiger partial charge in [-0.15, -0.1) is 0 Å². The van der Waals surface area contributed by atoms with Crippen LogP contribution in [-0.2, 0) is 11.3 Å². The van der Waals surface area contributed by atoms with Crippen LogP contribution in [0.5, 0.6) is 0 Å². The van der Waals surface area contributed by atoms with E-state index in [9.17, 15) is 9.18 Å². The second-order valence-electron chi connectivity index (χ2n) is 8.92. The molecule has 2 bridgehead atoms. The summed E-state index contributed by atoms with van der Waals surface area (Å²) >= 11 is 0. The van der Waals surface area contributed by atoms with Gasteiger partial charge in [-0.25, -0.2) is 4.39 Å². The average Bonchev–Trinajstić information content (AvgIpc) is 2.63. The molecule has 4 nitrogen and oxygen atoms in total. The fourth-order valence-electron chi connectivity index (χ4n) is 5.61. The molecular formula is C22H32FN3O. The van der Waals surface area contributed by atoms with E-state index >= 15 is 0 Å². The van der Waals surface area contributed by atoms with Gasteiger partial charge in [0.25, 0.3) is 0 Å². The molecule has 1 saturated heterocycles. The molecule has 4 rings (SSSR count). The first-order chi connectivity index (χ1) is 13.1. The zero-order valence-electron chi connectivity index (χ0n) is 16.1. The normalized spacial score (nSPS) is 34.2. The van der Waals surface area contributed by atoms with E-state index in [0.29, 0.717) is 30.5 Å². The largest absolute Gasteiger partial charge is 0.353 e. The second kappa shape index (κ2) is 8.27. The minimum atomic E-state index is -0.194. The third-order valence-corrected chi connectivity index (χ3v) is 6.86. The van der Waals surface area contributed by atoms with E-state index in [1.54, 1.807) is 12.1 Å². The minimum Gasteiger partial charge on any atom is -0.353 e. The molecule has 2 saturated carbocycles. The first-order valence-corrected chi connectivity index (χ1v) is 10.6. The Bertz CT molecular complexity index is 653. The lowest BCUT2D eigenvalue weighted by Gasteiger charge is -2.46. The summed E-state index contributed by atoms with van der Waals surface area (Å²) in [6.45, 7) is 2.46. The predicted molar refractivity (Wildman–Crippen MR) is 104 cm³/mol. The van der Waals surface area contributed by atoms with Crippen LogP contribution in [0.25, 0.3) is 0 Å². The van der Waals surface area contributed by atoms with E-state index in [4.69, 9.17) is 5.73 Å². The molecule has 3 unspecified atom stereocenters. The Kier molecular flexibility index (Phi) is 5.79. The highest BCUT2D eigenvalue weighted by molar-refractivity contribution is 5.79. The van der Waals surface area contributed by atoms with Crippen molar-refractivity contribution >= 4 is 5.91 Å². The summed E-state index contributed by atoms with van der Waals surface area (Å²) < 4.78 is 13.4. The van der Waals surface area contributed by atoms with E-state index in [1.165, 1.54) is 25.3 Å². The molecule has 1 aliphatic heterocycles. The van der Waals surface area contributed by atoms with Crippen molar-refractivity contribution in [3.8, 4) is 0 Å². The molecule has 3 fully saturated rings. The SMILES string of the molecule is NC1CC2CCCC(C1)C2NC(=O)C1CCCN(Cc2cccc(F)c2)C1. The van der Waals surface area contributed by atoms with Crippen LogP contribution in [0.15, 0.2) is 24.3 Å². The first-order valence-electron chi connectivity index (χ1n) is 10.6. The van der Waals surface area contributed by atoms with E-state index in [1.807, 2.05) is 6.07 Å². The van der Waals surface area contributed by atoms with Gasteiger partial charge in [0.2, 0.25) is 5.91 Å². The van der Waals surface area contributed by atoms with Crippen LogP contribution in [0.3, 0.4) is 0 Å². The Morgan fingerprint density at radius 2 is 1.96 bits per heavy atom. The Balaban J connectivity index is 1.34. The zero-order chi connectivity index (χ0) is 18.8. The lowest BCUT2D eigenvalue weighted by molar-refractivity contribution is -0.129. The Morgan fingerprint density at radius 1 is 1.19 bits per heavy atom. The number of hydrogen-bond acceptors (Lipinski definition) is 3. The topological polar surface area (TPSA) is 58.4 Å². The summed E-state index contributed by atoms with van der Waals surface area (Å²) in [5.41, 5.74) is 7.20. The van der Waals surface area contributed by atoms with Gasteiger partial charge in [-0.1, -0.05) is 18.6 Å². The molecule has 27 heavy (non-hydrogen) atoms. The van der Waals surface area contributed by atoms with Crippen molar-refractivity contribution < 1.29 is 9.18 Å². The van der Waals surface area contributed by atoms with Crippen molar-refractivity contribution in [2.45, 2.75) is 63.6 Å². The minimum absolute atomic E-state index is 0.0450. The van der Waals surface area contributed by atoms with Crippen molar-refractivity contribution in [3.63, 3.8) is 0 Å². The second-order valence-corrected chi connectivity index (χ2v) is 8.92. The van der Waals surface area contributed by atoms with Crippen LogP contribution < -0.4 is 11.1 Å². The van der Waals surface area contributed by atoms with E-state index in [2.05, 4.69) is 10.2 Å². The maximum atomic E-state index is 13.4. The number of fused-ring (bicyclic) bond motifs is 2. The maximum Gasteiger partial charge on any atom is 0.224 e. The van der Waals surface area contributed by atoms with Crippen molar-refractivity contribution in [3.05, 3.63) is 35.6 Å². The first kappa shape index (κ1) is 18.9. The molecule has 1 amide bonds. The lowest BCUT2D eigenvalue weighted by atomic mass is 9.67. The number of nitrogens with zero attached hydrogens (tertiary/aromatic N) is 1. The molecular weight excluding hydrogens is 341 g/mol. The monoisotopic (exact) mass is 373 g/mol. The van der Waals surface area contributed by atoms with E-state index in [0.717, 1.165) is 44.3 Å². The number of carbonyl (C=O) groups excluding carboxylic acids is 1. The summed E-state index contributed by atoms with van der Waals surface area (Å²) in [5, 5.41) is 3.42. The van der Waals surface area contributed by atoms with Gasteiger partial charge in [-0.3, -0.25) is 9.69 Å². The van der Waals surface area contributed by atoms with Gasteiger partial charge in [0, 0.05) is 25.2 Å². The molecule has 3 aliphatic rings. The number of carbonyl (C=O) groups is 1. The molecule has 1 heterocycles. The van der Waals surface area contributed by atoms with Crippen LogP contribution in [0.2, 0.25) is 0 Å². The standard InChI is InChI=1S/C22H32FN3O/c23-19-8-1-4-15(10-19)13-26-9-3-7-18(14-26)22(27)25-21-16-5-2-6-17(21)12-20(24)11-16/h1,4,8,10,16-18,20-21H,2-3,5-7,9,11-14,24H2,(H,25,27). The number of likely N-dealkylation sites (tertiary alicyclic amines) is 1. The van der Waals surface area contributed by atoms with Crippen LogP contribution in [-0.4, -0.2) is 36.0 Å². The Hall–Kier alpha value is -1.46. The van der Waals surface area contributed by atoms with Crippen molar-refractivity contribution in [1.29, 1.82) is 0 Å². The molecule has 148 valence electrons. The number of rotatable bonds is 4. The van der Waals surface area contributed by atoms with Crippen molar-refractivity contribution in [2.24, 2.45) is 23.5 Å². The number of halogens is 1. The molecule has 2 aliphatic carbocycles. The molecule has 5 heteroatoms. The highest BCUT2D eigenvalue weighted by Gasteiger charge is 2.40. The molecule has 0 radical (unpaired) electrons. The molecule has 3 N–H and O–H groups in total. The highest BCUT2D eigenvalue weighted by atomic mass is 19.1. The van der Waals surface area contributed by atoms with E-state index in [-0.39, 0.29) is 17.6 Å². The number of amides is 1. The average molecular weight is 374 g/mol. The molecule has 0 spiro atoms. The number of nitrogens with two attached hydrogens (primary N) is 1. The third-order valence-electron chi connectivity index (χ3n) is 6.86. The lowest BCUT2D eigenvalue weighted by Crippen LogP contribution is -2.55. The van der Waals surface area contributed by atoms with Crippen LogP contribution >= 0.6 is 0 Å². The van der Waals surface area contributed by atoms with Gasteiger partial charge in [0.05, 0.1) is 5.92 Å². The summed E-state index contributed by atoms with van der Waals surface area (Å²) in [6.07, 6.45) is 7.76. The highest BCUT2D eigenvalue weighted by Crippen LogP contribution is 2.39. The summed E-state index contributed by atoms with van der Waals surface area (Å²) in [7, 11) is 0. The molecule has 1 aromatic carbocycles. The number of piperidine rings is 1. The van der Waals surface area contributed by atoms with Crippen LogP contribution in [0, 0.1) is 23.6 Å². The predicted octanol–water partition coefficient (Wildman–Crippen LogP) is 3.06. The fraction of sp³-hybridized carbons (Fsp3) is 0.682.